The van der Waals surface area contributed by atoms with Gasteiger partial charge in [0.25, 0.3) is 5.56 Å². The highest BCUT2D eigenvalue weighted by atomic mass is 35.5. The summed E-state index contributed by atoms with van der Waals surface area (Å²) in [5.74, 6) is 2.10. The molecule has 2 aromatic carbocycles. The van der Waals surface area contributed by atoms with Crippen LogP contribution in [0.3, 0.4) is 0 Å². The third-order valence-electron chi connectivity index (χ3n) is 6.12. The molecule has 8 heteroatoms. The van der Waals surface area contributed by atoms with Gasteiger partial charge in [-0.15, -0.1) is 0 Å². The Morgan fingerprint density at radius 2 is 1.91 bits per heavy atom. The van der Waals surface area contributed by atoms with Crippen LogP contribution in [-0.2, 0) is 26.1 Å². The van der Waals surface area contributed by atoms with E-state index in [4.69, 9.17) is 21.1 Å². The molecule has 7 nitrogen and oxygen atoms in total. The van der Waals surface area contributed by atoms with Crippen LogP contribution in [0, 0.1) is 0 Å². The van der Waals surface area contributed by atoms with E-state index in [1.807, 2.05) is 42.6 Å². The zero-order valence-electron chi connectivity index (χ0n) is 17.3. The summed E-state index contributed by atoms with van der Waals surface area (Å²) in [4.78, 5) is 20.4. The molecule has 0 amide bonds. The van der Waals surface area contributed by atoms with Crippen LogP contribution in [0.1, 0.15) is 22.4 Å². The summed E-state index contributed by atoms with van der Waals surface area (Å²) in [6, 6.07) is 13.7. The van der Waals surface area contributed by atoms with Crippen molar-refractivity contribution in [1.29, 1.82) is 0 Å². The van der Waals surface area contributed by atoms with Crippen LogP contribution in [0.5, 0.6) is 11.5 Å². The Bertz CT molecular complexity index is 1390. The maximum Gasteiger partial charge on any atom is 0.259 e. The standard InChI is InChI=1S/C24H21ClN4O3/c25-18-3-1-2-16(10-18)12-27-8-6-20-19(14-27)23(30)29(24-26-7-9-28(20)24)13-17-4-5-21-22(11-17)32-15-31-21/h1-5,7,9-11H,6,8,12-15H2. The number of hydrogen-bond donors (Lipinski definition) is 0. The average molecular weight is 449 g/mol. The number of rotatable bonds is 4. The number of nitrogens with zero attached hydrogens (tertiary/aromatic N) is 4. The first-order chi connectivity index (χ1) is 15.7. The van der Waals surface area contributed by atoms with Gasteiger partial charge in [0, 0.05) is 49.2 Å². The first-order valence-corrected chi connectivity index (χ1v) is 11.0. The Morgan fingerprint density at radius 3 is 2.81 bits per heavy atom. The van der Waals surface area contributed by atoms with Crippen molar-refractivity contribution < 1.29 is 9.47 Å². The van der Waals surface area contributed by atoms with Crippen LogP contribution in [0.4, 0.5) is 0 Å². The Balaban J connectivity index is 1.36. The van der Waals surface area contributed by atoms with Crippen molar-refractivity contribution in [3.63, 3.8) is 0 Å². The molecule has 0 unspecified atom stereocenters. The fourth-order valence-electron chi connectivity index (χ4n) is 4.62. The van der Waals surface area contributed by atoms with E-state index < -0.39 is 0 Å². The van der Waals surface area contributed by atoms with E-state index in [-0.39, 0.29) is 12.4 Å². The predicted octanol–water partition coefficient (Wildman–Crippen LogP) is 3.48. The van der Waals surface area contributed by atoms with Crippen molar-refractivity contribution in [3.05, 3.63) is 92.6 Å². The fraction of sp³-hybridized carbons (Fsp3) is 0.250. The molecular weight excluding hydrogens is 428 g/mol. The predicted molar refractivity (Wildman–Crippen MR) is 120 cm³/mol. The zero-order chi connectivity index (χ0) is 21.7. The van der Waals surface area contributed by atoms with Crippen molar-refractivity contribution in [2.24, 2.45) is 0 Å². The summed E-state index contributed by atoms with van der Waals surface area (Å²) in [7, 11) is 0. The molecule has 2 aromatic heterocycles. The Kier molecular flexibility index (Phi) is 4.66. The normalized spacial score (nSPS) is 15.3. The molecule has 0 saturated heterocycles. The summed E-state index contributed by atoms with van der Waals surface area (Å²) >= 11 is 6.16. The van der Waals surface area contributed by atoms with Crippen LogP contribution in [0.2, 0.25) is 5.02 Å². The molecule has 6 rings (SSSR count). The van der Waals surface area contributed by atoms with Gasteiger partial charge in [0.15, 0.2) is 11.5 Å². The van der Waals surface area contributed by atoms with Crippen LogP contribution >= 0.6 is 11.6 Å². The first-order valence-electron chi connectivity index (χ1n) is 10.6. The van der Waals surface area contributed by atoms with Crippen LogP contribution in [0.15, 0.2) is 59.7 Å². The van der Waals surface area contributed by atoms with Crippen molar-refractivity contribution >= 4 is 17.4 Å². The molecular formula is C24H21ClN4O3. The van der Waals surface area contributed by atoms with Crippen LogP contribution < -0.4 is 15.0 Å². The number of benzene rings is 2. The smallest absolute Gasteiger partial charge is 0.259 e. The van der Waals surface area contributed by atoms with Crippen molar-refractivity contribution in [2.45, 2.75) is 26.1 Å². The molecule has 0 aliphatic carbocycles. The number of hydrogen-bond acceptors (Lipinski definition) is 5. The van der Waals surface area contributed by atoms with Crippen LogP contribution in [0.25, 0.3) is 5.78 Å². The lowest BCUT2D eigenvalue weighted by molar-refractivity contribution is 0.174. The van der Waals surface area contributed by atoms with Gasteiger partial charge in [-0.2, -0.15) is 0 Å². The Labute approximate surface area is 189 Å². The minimum absolute atomic E-state index is 0.00663. The highest BCUT2D eigenvalue weighted by Crippen LogP contribution is 2.32. The van der Waals surface area contributed by atoms with Gasteiger partial charge in [-0.3, -0.25) is 18.7 Å². The molecule has 2 aliphatic heterocycles. The SMILES string of the molecule is O=c1c2c(n3ccnc3n1Cc1ccc3c(c1)OCO3)CCN(Cc1cccc(Cl)c1)C2. The van der Waals surface area contributed by atoms with E-state index in [0.717, 1.165) is 52.7 Å². The van der Waals surface area contributed by atoms with Crippen molar-refractivity contribution in [3.8, 4) is 11.5 Å². The molecule has 162 valence electrons. The molecule has 0 fully saturated rings. The molecule has 0 saturated carbocycles. The van der Waals surface area contributed by atoms with Gasteiger partial charge in [-0.25, -0.2) is 4.98 Å². The minimum Gasteiger partial charge on any atom is -0.454 e. The van der Waals surface area contributed by atoms with Gasteiger partial charge < -0.3 is 9.47 Å². The molecule has 0 bridgehead atoms. The molecule has 0 N–H and O–H groups in total. The molecule has 0 radical (unpaired) electrons. The maximum absolute atomic E-state index is 13.6. The molecule has 4 aromatic rings. The Morgan fingerprint density at radius 1 is 1.03 bits per heavy atom. The quantitative estimate of drug-likeness (QED) is 0.478. The summed E-state index contributed by atoms with van der Waals surface area (Å²) in [5, 5.41) is 0.728. The summed E-state index contributed by atoms with van der Waals surface area (Å²) < 4.78 is 14.7. The lowest BCUT2D eigenvalue weighted by Gasteiger charge is -2.29. The summed E-state index contributed by atoms with van der Waals surface area (Å²) in [6.45, 7) is 2.86. The highest BCUT2D eigenvalue weighted by Gasteiger charge is 2.25. The second kappa shape index (κ2) is 7.69. The third kappa shape index (κ3) is 3.34. The average Bonchev–Trinajstić information content (AvgIpc) is 3.46. The zero-order valence-corrected chi connectivity index (χ0v) is 18.1. The van der Waals surface area contributed by atoms with Gasteiger partial charge in [-0.1, -0.05) is 29.8 Å². The van der Waals surface area contributed by atoms with Crippen LogP contribution in [-0.4, -0.2) is 32.2 Å². The number of halogens is 1. The largest absolute Gasteiger partial charge is 0.454 e. The topological polar surface area (TPSA) is 61.0 Å². The number of ether oxygens (including phenoxy) is 2. The number of imidazole rings is 1. The first kappa shape index (κ1) is 19.4. The van der Waals surface area contributed by atoms with E-state index in [1.54, 1.807) is 10.8 Å². The minimum atomic E-state index is 0.00663. The van der Waals surface area contributed by atoms with Gasteiger partial charge >= 0.3 is 0 Å². The molecule has 4 heterocycles. The lowest BCUT2D eigenvalue weighted by Crippen LogP contribution is -2.38. The molecule has 2 aliphatic rings. The van der Waals surface area contributed by atoms with Gasteiger partial charge in [0.05, 0.1) is 12.1 Å². The monoisotopic (exact) mass is 448 g/mol. The number of aromatic nitrogens is 3. The van der Waals surface area contributed by atoms with Gasteiger partial charge in [0.2, 0.25) is 12.6 Å². The van der Waals surface area contributed by atoms with Crippen molar-refractivity contribution in [2.75, 3.05) is 13.3 Å². The molecule has 0 spiro atoms. The second-order valence-corrected chi connectivity index (χ2v) is 8.63. The van der Waals surface area contributed by atoms with Gasteiger partial charge in [-0.05, 0) is 35.4 Å². The maximum atomic E-state index is 13.6. The highest BCUT2D eigenvalue weighted by molar-refractivity contribution is 6.30. The molecule has 0 atom stereocenters. The van der Waals surface area contributed by atoms with E-state index >= 15 is 0 Å². The van der Waals surface area contributed by atoms with E-state index in [0.29, 0.717) is 24.6 Å². The Hall–Kier alpha value is -3.29. The fourth-order valence-corrected chi connectivity index (χ4v) is 4.83. The van der Waals surface area contributed by atoms with E-state index in [2.05, 4.69) is 20.4 Å². The van der Waals surface area contributed by atoms with Crippen molar-refractivity contribution in [1.82, 2.24) is 18.9 Å². The summed E-state index contributed by atoms with van der Waals surface area (Å²) in [5.41, 5.74) is 3.99. The molecule has 32 heavy (non-hydrogen) atoms. The van der Waals surface area contributed by atoms with E-state index in [1.165, 1.54) is 0 Å². The number of fused-ring (bicyclic) bond motifs is 4. The third-order valence-corrected chi connectivity index (χ3v) is 6.36. The summed E-state index contributed by atoms with van der Waals surface area (Å²) in [6.07, 6.45) is 4.49. The van der Waals surface area contributed by atoms with Gasteiger partial charge in [0.1, 0.15) is 0 Å². The van der Waals surface area contributed by atoms with E-state index in [9.17, 15) is 4.79 Å². The second-order valence-electron chi connectivity index (χ2n) is 8.19. The lowest BCUT2D eigenvalue weighted by atomic mass is 10.1.